The first kappa shape index (κ1) is 13.4. The Morgan fingerprint density at radius 3 is 2.81 bits per heavy atom. The second-order valence-corrected chi connectivity index (χ2v) is 5.85. The standard InChI is InChI=1S/C11H20N2O2S/c1-8(2)16-11(12)13-6-4-5-9(7-13)10(14)15-3/h8-9,12H,4-7H2,1-3H3. The minimum atomic E-state index is -0.146. The van der Waals surface area contributed by atoms with Gasteiger partial charge in [0.05, 0.1) is 13.0 Å². The monoisotopic (exact) mass is 244 g/mol. The van der Waals surface area contributed by atoms with E-state index in [-0.39, 0.29) is 11.9 Å². The van der Waals surface area contributed by atoms with E-state index in [2.05, 4.69) is 13.8 Å². The zero-order valence-electron chi connectivity index (χ0n) is 10.2. The maximum Gasteiger partial charge on any atom is 0.310 e. The predicted molar refractivity (Wildman–Crippen MR) is 66.8 cm³/mol. The molecule has 1 fully saturated rings. The van der Waals surface area contributed by atoms with Gasteiger partial charge >= 0.3 is 5.97 Å². The average Bonchev–Trinajstić information content (AvgIpc) is 2.27. The van der Waals surface area contributed by atoms with Crippen LogP contribution in [0.4, 0.5) is 0 Å². The van der Waals surface area contributed by atoms with Crippen LogP contribution in [-0.4, -0.2) is 41.5 Å². The summed E-state index contributed by atoms with van der Waals surface area (Å²) in [7, 11) is 1.43. The van der Waals surface area contributed by atoms with E-state index in [0.717, 1.165) is 19.4 Å². The average molecular weight is 244 g/mol. The molecule has 1 saturated heterocycles. The molecule has 0 saturated carbocycles. The third-order valence-corrected chi connectivity index (χ3v) is 3.54. The highest BCUT2D eigenvalue weighted by molar-refractivity contribution is 8.14. The third-order valence-electron chi connectivity index (χ3n) is 2.59. The van der Waals surface area contributed by atoms with Crippen molar-refractivity contribution >= 4 is 22.9 Å². The summed E-state index contributed by atoms with van der Waals surface area (Å²) < 4.78 is 4.76. The van der Waals surface area contributed by atoms with Crippen molar-refractivity contribution in [3.05, 3.63) is 0 Å². The summed E-state index contributed by atoms with van der Waals surface area (Å²) in [4.78, 5) is 13.4. The number of rotatable bonds is 2. The van der Waals surface area contributed by atoms with E-state index in [9.17, 15) is 4.79 Å². The molecule has 16 heavy (non-hydrogen) atoms. The Hall–Kier alpha value is -0.710. The molecule has 0 aliphatic carbocycles. The Labute approximate surface area is 101 Å². The van der Waals surface area contributed by atoms with Gasteiger partial charge in [0, 0.05) is 18.3 Å². The zero-order valence-corrected chi connectivity index (χ0v) is 11.0. The number of esters is 1. The Balaban J connectivity index is 2.50. The lowest BCUT2D eigenvalue weighted by Gasteiger charge is -2.33. The molecule has 0 bridgehead atoms. The second kappa shape index (κ2) is 6.13. The van der Waals surface area contributed by atoms with Crippen molar-refractivity contribution in [3.8, 4) is 0 Å². The van der Waals surface area contributed by atoms with Crippen molar-refractivity contribution in [1.29, 1.82) is 5.41 Å². The van der Waals surface area contributed by atoms with Crippen molar-refractivity contribution < 1.29 is 9.53 Å². The van der Waals surface area contributed by atoms with E-state index in [1.165, 1.54) is 18.9 Å². The van der Waals surface area contributed by atoms with Crippen LogP contribution in [0.1, 0.15) is 26.7 Å². The molecule has 92 valence electrons. The quantitative estimate of drug-likeness (QED) is 0.458. The highest BCUT2D eigenvalue weighted by Crippen LogP contribution is 2.22. The van der Waals surface area contributed by atoms with Gasteiger partial charge < -0.3 is 9.64 Å². The first-order valence-corrected chi connectivity index (χ1v) is 6.50. The Kier molecular flexibility index (Phi) is 5.12. The molecule has 4 nitrogen and oxygen atoms in total. The fraction of sp³-hybridized carbons (Fsp3) is 0.818. The van der Waals surface area contributed by atoms with Gasteiger partial charge in [0.1, 0.15) is 0 Å². The normalized spacial score (nSPS) is 21.0. The number of nitrogens with zero attached hydrogens (tertiary/aromatic N) is 1. The van der Waals surface area contributed by atoms with Gasteiger partial charge in [-0.15, -0.1) is 0 Å². The summed E-state index contributed by atoms with van der Waals surface area (Å²) in [6.07, 6.45) is 1.84. The second-order valence-electron chi connectivity index (χ2n) is 4.28. The summed E-state index contributed by atoms with van der Waals surface area (Å²) in [5.74, 6) is -0.209. The molecule has 0 aromatic carbocycles. The number of hydrogen-bond donors (Lipinski definition) is 1. The molecule has 0 aromatic heterocycles. The van der Waals surface area contributed by atoms with E-state index in [4.69, 9.17) is 10.1 Å². The number of likely N-dealkylation sites (tertiary alicyclic amines) is 1. The Bertz CT molecular complexity index is 269. The fourth-order valence-corrected chi connectivity index (χ4v) is 2.58. The molecule has 1 aliphatic rings. The molecular formula is C11H20N2O2S. The topological polar surface area (TPSA) is 53.4 Å². The molecule has 1 aliphatic heterocycles. The molecule has 1 heterocycles. The number of thioether (sulfide) groups is 1. The van der Waals surface area contributed by atoms with Crippen molar-refractivity contribution in [2.75, 3.05) is 20.2 Å². The summed E-state index contributed by atoms with van der Waals surface area (Å²) in [5, 5.41) is 8.92. The van der Waals surface area contributed by atoms with Crippen LogP contribution >= 0.6 is 11.8 Å². The lowest BCUT2D eigenvalue weighted by molar-refractivity contribution is -0.146. The van der Waals surface area contributed by atoms with Crippen molar-refractivity contribution in [2.24, 2.45) is 5.92 Å². The van der Waals surface area contributed by atoms with Crippen molar-refractivity contribution in [3.63, 3.8) is 0 Å². The third kappa shape index (κ3) is 3.70. The van der Waals surface area contributed by atoms with Gasteiger partial charge in [-0.3, -0.25) is 10.2 Å². The maximum absolute atomic E-state index is 11.4. The highest BCUT2D eigenvalue weighted by atomic mass is 32.2. The first-order chi connectivity index (χ1) is 7.54. The van der Waals surface area contributed by atoms with E-state index >= 15 is 0 Å². The number of piperidine rings is 1. The highest BCUT2D eigenvalue weighted by Gasteiger charge is 2.27. The SMILES string of the molecule is COC(=O)C1CCCN(C(=N)SC(C)C)C1. The minimum absolute atomic E-state index is 0.0631. The van der Waals surface area contributed by atoms with Gasteiger partial charge in [0.2, 0.25) is 0 Å². The van der Waals surface area contributed by atoms with Crippen LogP contribution < -0.4 is 0 Å². The number of methoxy groups -OCH3 is 1. The van der Waals surface area contributed by atoms with E-state index in [0.29, 0.717) is 17.0 Å². The summed E-state index contributed by atoms with van der Waals surface area (Å²) in [6, 6.07) is 0. The summed E-state index contributed by atoms with van der Waals surface area (Å²) in [5.41, 5.74) is 0. The van der Waals surface area contributed by atoms with Crippen LogP contribution in [0.15, 0.2) is 0 Å². The van der Waals surface area contributed by atoms with Crippen molar-refractivity contribution in [2.45, 2.75) is 31.9 Å². The lowest BCUT2D eigenvalue weighted by Crippen LogP contribution is -2.41. The number of carbonyl (C=O) groups is 1. The molecule has 0 amide bonds. The summed E-state index contributed by atoms with van der Waals surface area (Å²) in [6.45, 7) is 5.65. The van der Waals surface area contributed by atoms with Crippen LogP contribution in [0.3, 0.4) is 0 Å². The van der Waals surface area contributed by atoms with Gasteiger partial charge in [-0.25, -0.2) is 0 Å². The lowest BCUT2D eigenvalue weighted by atomic mass is 9.99. The summed E-state index contributed by atoms with van der Waals surface area (Å²) >= 11 is 1.54. The number of nitrogens with one attached hydrogen (secondary N) is 1. The van der Waals surface area contributed by atoms with Gasteiger partial charge in [-0.05, 0) is 12.8 Å². The van der Waals surface area contributed by atoms with E-state index in [1.807, 2.05) is 4.90 Å². The van der Waals surface area contributed by atoms with E-state index < -0.39 is 0 Å². The minimum Gasteiger partial charge on any atom is -0.469 e. The molecular weight excluding hydrogens is 224 g/mol. The van der Waals surface area contributed by atoms with Crippen LogP contribution in [0.5, 0.6) is 0 Å². The largest absolute Gasteiger partial charge is 0.469 e. The molecule has 0 spiro atoms. The first-order valence-electron chi connectivity index (χ1n) is 5.62. The van der Waals surface area contributed by atoms with E-state index in [1.54, 1.807) is 0 Å². The van der Waals surface area contributed by atoms with Gasteiger partial charge in [0.15, 0.2) is 5.17 Å². The van der Waals surface area contributed by atoms with Crippen molar-refractivity contribution in [1.82, 2.24) is 4.90 Å². The molecule has 1 rings (SSSR count). The Morgan fingerprint density at radius 1 is 1.56 bits per heavy atom. The number of hydrogen-bond acceptors (Lipinski definition) is 4. The van der Waals surface area contributed by atoms with Crippen LogP contribution in [-0.2, 0) is 9.53 Å². The number of amidine groups is 1. The molecule has 1 unspecified atom stereocenters. The number of ether oxygens (including phenoxy) is 1. The van der Waals surface area contributed by atoms with Crippen LogP contribution in [0.25, 0.3) is 0 Å². The van der Waals surface area contributed by atoms with Crippen LogP contribution in [0, 0.1) is 11.3 Å². The van der Waals surface area contributed by atoms with Gasteiger partial charge in [0.25, 0.3) is 0 Å². The molecule has 0 aromatic rings. The smallest absolute Gasteiger partial charge is 0.310 e. The van der Waals surface area contributed by atoms with Crippen LogP contribution in [0.2, 0.25) is 0 Å². The fourth-order valence-electron chi connectivity index (χ4n) is 1.82. The van der Waals surface area contributed by atoms with Gasteiger partial charge in [-0.2, -0.15) is 0 Å². The Morgan fingerprint density at radius 2 is 2.25 bits per heavy atom. The van der Waals surface area contributed by atoms with Gasteiger partial charge in [-0.1, -0.05) is 25.6 Å². The number of carbonyl (C=O) groups excluding carboxylic acids is 1. The molecule has 0 radical (unpaired) electrons. The maximum atomic E-state index is 11.4. The molecule has 1 N–H and O–H groups in total. The zero-order chi connectivity index (χ0) is 12.1. The predicted octanol–water partition coefficient (Wildman–Crippen LogP) is 1.95. The molecule has 5 heteroatoms. The molecule has 1 atom stereocenters.